The molecule has 1 aliphatic carbocycles. The summed E-state index contributed by atoms with van der Waals surface area (Å²) in [6, 6.07) is 0.584. The maximum Gasteiger partial charge on any atom is 0.160 e. The largest absolute Gasteiger partial charge is 0.493 e. The highest BCUT2D eigenvalue weighted by atomic mass is 16.5. The Morgan fingerprint density at radius 2 is 2.21 bits per heavy atom. The lowest BCUT2D eigenvalue weighted by molar-refractivity contribution is 0.387. The van der Waals surface area contributed by atoms with Gasteiger partial charge in [0.1, 0.15) is 0 Å². The van der Waals surface area contributed by atoms with Gasteiger partial charge >= 0.3 is 0 Å². The Hall–Kier alpha value is -1.03. The van der Waals surface area contributed by atoms with Crippen LogP contribution in [0.15, 0.2) is 6.20 Å². The summed E-state index contributed by atoms with van der Waals surface area (Å²) in [5.74, 6) is 1.51. The molecule has 1 N–H and O–H groups in total. The number of ether oxygens (including phenoxy) is 1. The van der Waals surface area contributed by atoms with Gasteiger partial charge in [-0.3, -0.25) is 4.68 Å². The van der Waals surface area contributed by atoms with Crippen molar-refractivity contribution >= 4 is 0 Å². The van der Waals surface area contributed by atoms with E-state index in [1.54, 1.807) is 7.11 Å². The predicted molar refractivity (Wildman–Crippen MR) is 77.7 cm³/mol. The lowest BCUT2D eigenvalue weighted by Gasteiger charge is -2.22. The molecule has 4 nitrogen and oxygen atoms in total. The standard InChI is InChI=1S/C15H27N3O/c1-4-9-16-13-8-6-7-12(13)15-14(19-3)11-17-18(15)10-5-2/h11-13,16H,4-10H2,1-3H3. The third-order valence-electron chi connectivity index (χ3n) is 4.02. The summed E-state index contributed by atoms with van der Waals surface area (Å²) in [6.45, 7) is 6.50. The van der Waals surface area contributed by atoms with Crippen molar-refractivity contribution in [1.82, 2.24) is 15.1 Å². The monoisotopic (exact) mass is 265 g/mol. The molecule has 0 saturated heterocycles. The zero-order valence-electron chi connectivity index (χ0n) is 12.5. The van der Waals surface area contributed by atoms with Gasteiger partial charge in [-0.25, -0.2) is 0 Å². The van der Waals surface area contributed by atoms with Crippen LogP contribution in [0.25, 0.3) is 0 Å². The van der Waals surface area contributed by atoms with Gasteiger partial charge in [0.15, 0.2) is 5.75 Å². The van der Waals surface area contributed by atoms with Gasteiger partial charge < -0.3 is 10.1 Å². The number of hydrogen-bond donors (Lipinski definition) is 1. The van der Waals surface area contributed by atoms with Crippen LogP contribution in [0.3, 0.4) is 0 Å². The Balaban J connectivity index is 2.20. The molecule has 19 heavy (non-hydrogen) atoms. The first kappa shape index (κ1) is 14.4. The van der Waals surface area contributed by atoms with Crippen LogP contribution in [0.1, 0.15) is 57.6 Å². The zero-order chi connectivity index (χ0) is 13.7. The first-order valence-corrected chi connectivity index (χ1v) is 7.64. The van der Waals surface area contributed by atoms with Gasteiger partial charge in [-0.1, -0.05) is 20.3 Å². The van der Waals surface area contributed by atoms with E-state index in [-0.39, 0.29) is 0 Å². The summed E-state index contributed by atoms with van der Waals surface area (Å²) >= 11 is 0. The molecule has 0 radical (unpaired) electrons. The molecule has 0 aromatic carbocycles. The molecule has 0 aliphatic heterocycles. The average molecular weight is 265 g/mol. The lowest BCUT2D eigenvalue weighted by atomic mass is 9.98. The number of methoxy groups -OCH3 is 1. The molecule has 0 spiro atoms. The van der Waals surface area contributed by atoms with Crippen molar-refractivity contribution in [2.75, 3.05) is 13.7 Å². The lowest BCUT2D eigenvalue weighted by Crippen LogP contribution is -2.33. The summed E-state index contributed by atoms with van der Waals surface area (Å²) in [5.41, 5.74) is 1.30. The van der Waals surface area contributed by atoms with Gasteiger partial charge in [0.05, 0.1) is 19.0 Å². The molecule has 1 aromatic heterocycles. The average Bonchev–Trinajstić information content (AvgIpc) is 3.02. The van der Waals surface area contributed by atoms with E-state index in [1.165, 1.54) is 31.4 Å². The first-order chi connectivity index (χ1) is 9.31. The second-order valence-corrected chi connectivity index (χ2v) is 5.42. The third kappa shape index (κ3) is 3.11. The highest BCUT2D eigenvalue weighted by Crippen LogP contribution is 2.39. The van der Waals surface area contributed by atoms with E-state index in [4.69, 9.17) is 4.74 Å². The molecule has 1 aliphatic rings. The molecule has 1 saturated carbocycles. The van der Waals surface area contributed by atoms with Gasteiger partial charge in [-0.2, -0.15) is 5.10 Å². The molecular formula is C15H27N3O. The number of hydrogen-bond acceptors (Lipinski definition) is 3. The summed E-state index contributed by atoms with van der Waals surface area (Å²) in [6.07, 6.45) is 7.98. The van der Waals surface area contributed by atoms with Gasteiger partial charge in [0.25, 0.3) is 0 Å². The van der Waals surface area contributed by atoms with E-state index < -0.39 is 0 Å². The van der Waals surface area contributed by atoms with Gasteiger partial charge in [0, 0.05) is 18.5 Å². The maximum atomic E-state index is 5.53. The van der Waals surface area contributed by atoms with E-state index >= 15 is 0 Å². The molecule has 1 aromatic rings. The third-order valence-corrected chi connectivity index (χ3v) is 4.02. The summed E-state index contributed by atoms with van der Waals surface area (Å²) in [4.78, 5) is 0. The summed E-state index contributed by atoms with van der Waals surface area (Å²) in [5, 5.41) is 8.19. The molecule has 0 amide bonds. The minimum absolute atomic E-state index is 0.551. The van der Waals surface area contributed by atoms with E-state index in [2.05, 4.69) is 28.9 Å². The Kier molecular flexibility index (Phi) is 5.25. The molecule has 108 valence electrons. The van der Waals surface area contributed by atoms with Gasteiger partial charge in [-0.15, -0.1) is 0 Å². The minimum atomic E-state index is 0.551. The van der Waals surface area contributed by atoms with Crippen LogP contribution in [0.2, 0.25) is 0 Å². The zero-order valence-corrected chi connectivity index (χ0v) is 12.5. The van der Waals surface area contributed by atoms with Crippen molar-refractivity contribution in [2.24, 2.45) is 0 Å². The van der Waals surface area contributed by atoms with E-state index in [9.17, 15) is 0 Å². The smallest absolute Gasteiger partial charge is 0.160 e. The van der Waals surface area contributed by atoms with Crippen molar-refractivity contribution in [3.8, 4) is 5.75 Å². The Labute approximate surface area is 116 Å². The molecular weight excluding hydrogens is 238 g/mol. The van der Waals surface area contributed by atoms with Crippen LogP contribution in [0, 0.1) is 0 Å². The molecule has 2 unspecified atom stereocenters. The first-order valence-electron chi connectivity index (χ1n) is 7.64. The van der Waals surface area contributed by atoms with Gasteiger partial charge in [-0.05, 0) is 32.2 Å². The van der Waals surface area contributed by atoms with Crippen molar-refractivity contribution in [3.05, 3.63) is 11.9 Å². The molecule has 0 bridgehead atoms. The second-order valence-electron chi connectivity index (χ2n) is 5.42. The van der Waals surface area contributed by atoms with Crippen LogP contribution in [-0.4, -0.2) is 29.5 Å². The van der Waals surface area contributed by atoms with Crippen molar-refractivity contribution in [1.29, 1.82) is 0 Å². The summed E-state index contributed by atoms with van der Waals surface area (Å²) < 4.78 is 7.67. The highest BCUT2D eigenvalue weighted by Gasteiger charge is 2.33. The normalized spacial score (nSPS) is 22.9. The predicted octanol–water partition coefficient (Wildman–Crippen LogP) is 2.94. The fourth-order valence-electron chi connectivity index (χ4n) is 3.16. The topological polar surface area (TPSA) is 39.1 Å². The van der Waals surface area contributed by atoms with Crippen LogP contribution < -0.4 is 10.1 Å². The van der Waals surface area contributed by atoms with Crippen molar-refractivity contribution in [3.63, 3.8) is 0 Å². The fraction of sp³-hybridized carbons (Fsp3) is 0.800. The SMILES string of the molecule is CCCNC1CCCC1c1c(OC)cnn1CCC. The van der Waals surface area contributed by atoms with Gasteiger partial charge in [0.2, 0.25) is 0 Å². The molecule has 1 fully saturated rings. The number of aromatic nitrogens is 2. The molecule has 2 rings (SSSR count). The quantitative estimate of drug-likeness (QED) is 0.824. The molecule has 4 heteroatoms. The Morgan fingerprint density at radius 1 is 1.37 bits per heavy atom. The Bertz CT molecular complexity index is 389. The highest BCUT2D eigenvalue weighted by molar-refractivity contribution is 5.31. The van der Waals surface area contributed by atoms with Crippen LogP contribution in [0.5, 0.6) is 5.75 Å². The van der Waals surface area contributed by atoms with E-state index in [0.717, 1.165) is 25.3 Å². The van der Waals surface area contributed by atoms with Crippen molar-refractivity contribution in [2.45, 2.75) is 64.5 Å². The molecule has 2 atom stereocenters. The number of rotatable bonds is 7. The molecule has 1 heterocycles. The van der Waals surface area contributed by atoms with Crippen LogP contribution in [0.4, 0.5) is 0 Å². The summed E-state index contributed by atoms with van der Waals surface area (Å²) in [7, 11) is 1.75. The van der Waals surface area contributed by atoms with Crippen LogP contribution in [-0.2, 0) is 6.54 Å². The maximum absolute atomic E-state index is 5.53. The van der Waals surface area contributed by atoms with E-state index in [0.29, 0.717) is 12.0 Å². The Morgan fingerprint density at radius 3 is 2.89 bits per heavy atom. The van der Waals surface area contributed by atoms with Crippen LogP contribution >= 0.6 is 0 Å². The minimum Gasteiger partial charge on any atom is -0.493 e. The number of nitrogens with one attached hydrogen (secondary N) is 1. The van der Waals surface area contributed by atoms with Crippen molar-refractivity contribution < 1.29 is 4.74 Å². The van der Waals surface area contributed by atoms with E-state index in [1.807, 2.05) is 6.20 Å². The second kappa shape index (κ2) is 6.94. The number of aryl methyl sites for hydroxylation is 1. The fourth-order valence-corrected chi connectivity index (χ4v) is 3.16. The number of nitrogens with zero attached hydrogens (tertiary/aromatic N) is 2.